The van der Waals surface area contributed by atoms with Crippen LogP contribution in [0.3, 0.4) is 0 Å². The van der Waals surface area contributed by atoms with E-state index in [1.165, 1.54) is 0 Å². The maximum Gasteiger partial charge on any atom is 0.113 e. The van der Waals surface area contributed by atoms with Crippen LogP contribution in [0.1, 0.15) is 34.1 Å². The van der Waals surface area contributed by atoms with E-state index in [9.17, 15) is 0 Å². The first-order valence-electron chi connectivity index (χ1n) is 4.13. The third-order valence-corrected chi connectivity index (χ3v) is 1.89. The molecule has 0 heterocycles. The van der Waals surface area contributed by atoms with E-state index in [1.807, 2.05) is 20.8 Å². The Bertz CT molecular complexity index is 131. The molecule has 0 fully saturated rings. The summed E-state index contributed by atoms with van der Waals surface area (Å²) in [6.07, 6.45) is 0.978. The second kappa shape index (κ2) is 4.34. The summed E-state index contributed by atoms with van der Waals surface area (Å²) in [5.41, 5.74) is 0. The van der Waals surface area contributed by atoms with Crippen LogP contribution in [-0.4, -0.2) is 16.9 Å². The number of nitrogens with two attached hydrogens (primary N) is 1. The van der Waals surface area contributed by atoms with Gasteiger partial charge in [0, 0.05) is 12.0 Å². The van der Waals surface area contributed by atoms with Crippen molar-refractivity contribution in [2.45, 2.75) is 40.2 Å². The fourth-order valence-electron chi connectivity index (χ4n) is 0.732. The van der Waals surface area contributed by atoms with Gasteiger partial charge in [-0.2, -0.15) is 0 Å². The van der Waals surface area contributed by atoms with Crippen molar-refractivity contribution in [1.29, 1.82) is 5.41 Å². The van der Waals surface area contributed by atoms with Crippen molar-refractivity contribution < 1.29 is 0 Å². The monoisotopic (exact) mass is 157 g/mol. The van der Waals surface area contributed by atoms with Gasteiger partial charge in [-0.1, -0.05) is 20.8 Å². The highest BCUT2D eigenvalue weighted by Crippen LogP contribution is 2.04. The molecule has 0 aliphatic rings. The molecular formula is C8H19N3. The molecule has 1 unspecified atom stereocenters. The molecule has 0 saturated heterocycles. The Morgan fingerprint density at radius 2 is 1.91 bits per heavy atom. The minimum atomic E-state index is 0.217. The molecule has 0 saturated carbocycles. The maximum atomic E-state index is 7.58. The molecule has 0 aromatic carbocycles. The Morgan fingerprint density at radius 3 is 2.18 bits per heavy atom. The molecule has 0 aliphatic heterocycles. The summed E-state index contributed by atoms with van der Waals surface area (Å²) in [7, 11) is 0. The molecule has 3 N–H and O–H groups in total. The Morgan fingerprint density at radius 1 is 1.45 bits per heavy atom. The quantitative estimate of drug-likeness (QED) is 0.283. The lowest BCUT2D eigenvalue weighted by Gasteiger charge is -2.27. The number of hydrogen-bond acceptors (Lipinski definition) is 2. The van der Waals surface area contributed by atoms with Crippen LogP contribution < -0.4 is 5.84 Å². The summed E-state index contributed by atoms with van der Waals surface area (Å²) in [6.45, 7) is 8.05. The smallest absolute Gasteiger partial charge is 0.113 e. The molecule has 66 valence electrons. The lowest BCUT2D eigenvalue weighted by molar-refractivity contribution is 0.317. The Labute approximate surface area is 69.0 Å². The largest absolute Gasteiger partial charge is 0.296 e. The van der Waals surface area contributed by atoms with E-state index in [0.717, 1.165) is 6.42 Å². The third-order valence-electron chi connectivity index (χ3n) is 1.89. The van der Waals surface area contributed by atoms with E-state index in [-0.39, 0.29) is 12.0 Å². The molecule has 0 aromatic rings. The van der Waals surface area contributed by atoms with Crippen LogP contribution in [0.4, 0.5) is 0 Å². The van der Waals surface area contributed by atoms with Crippen LogP contribution in [-0.2, 0) is 0 Å². The number of rotatable bonds is 3. The van der Waals surface area contributed by atoms with Gasteiger partial charge in [-0.25, -0.2) is 5.84 Å². The van der Waals surface area contributed by atoms with Crippen molar-refractivity contribution in [1.82, 2.24) is 5.01 Å². The minimum Gasteiger partial charge on any atom is -0.296 e. The normalized spacial score (nSPS) is 13.3. The van der Waals surface area contributed by atoms with Crippen LogP contribution >= 0.6 is 0 Å². The highest BCUT2D eigenvalue weighted by atomic mass is 15.4. The fourth-order valence-corrected chi connectivity index (χ4v) is 0.732. The zero-order chi connectivity index (χ0) is 9.02. The average Bonchev–Trinajstić information content (AvgIpc) is 2.00. The summed E-state index contributed by atoms with van der Waals surface area (Å²) in [5, 5.41) is 9.13. The van der Waals surface area contributed by atoms with Gasteiger partial charge >= 0.3 is 0 Å². The van der Waals surface area contributed by atoms with Crippen molar-refractivity contribution >= 4 is 5.84 Å². The van der Waals surface area contributed by atoms with Crippen LogP contribution in [0.25, 0.3) is 0 Å². The molecule has 11 heavy (non-hydrogen) atoms. The second-order valence-corrected chi connectivity index (χ2v) is 3.20. The lowest BCUT2D eigenvalue weighted by atomic mass is 10.1. The number of nitrogens with one attached hydrogen (secondary N) is 1. The third kappa shape index (κ3) is 2.89. The van der Waals surface area contributed by atoms with Crippen LogP contribution in [0.2, 0.25) is 0 Å². The predicted octanol–water partition coefficient (Wildman–Crippen LogP) is 1.59. The van der Waals surface area contributed by atoms with Crippen molar-refractivity contribution in [2.24, 2.45) is 11.8 Å². The topological polar surface area (TPSA) is 53.1 Å². The first-order valence-corrected chi connectivity index (χ1v) is 4.13. The summed E-state index contributed by atoms with van der Waals surface area (Å²) < 4.78 is 0. The second-order valence-electron chi connectivity index (χ2n) is 3.20. The van der Waals surface area contributed by atoms with E-state index < -0.39 is 0 Å². The summed E-state index contributed by atoms with van der Waals surface area (Å²) in [5.74, 6) is 6.41. The molecule has 0 spiro atoms. The number of hydrogen-bond donors (Lipinski definition) is 2. The Hall–Kier alpha value is -0.570. The molecule has 3 nitrogen and oxygen atoms in total. The van der Waals surface area contributed by atoms with Gasteiger partial charge in [0.25, 0.3) is 0 Å². The molecule has 0 bridgehead atoms. The highest BCUT2D eigenvalue weighted by Gasteiger charge is 2.13. The minimum absolute atomic E-state index is 0.217. The van der Waals surface area contributed by atoms with Gasteiger partial charge in [-0.15, -0.1) is 0 Å². The zero-order valence-electron chi connectivity index (χ0n) is 7.89. The molecule has 0 rings (SSSR count). The number of nitrogens with zero attached hydrogens (tertiary/aromatic N) is 1. The number of amidine groups is 1. The zero-order valence-corrected chi connectivity index (χ0v) is 7.89. The standard InChI is InChI=1S/C8H19N3/c1-5-7(4)11(10)8(9)6(2)3/h6-7,9H,5,10H2,1-4H3. The van der Waals surface area contributed by atoms with E-state index in [2.05, 4.69) is 6.92 Å². The van der Waals surface area contributed by atoms with Crippen molar-refractivity contribution in [3.8, 4) is 0 Å². The van der Waals surface area contributed by atoms with Crippen molar-refractivity contribution in [2.75, 3.05) is 0 Å². The number of hydrazine groups is 1. The van der Waals surface area contributed by atoms with Crippen molar-refractivity contribution in [3.63, 3.8) is 0 Å². The van der Waals surface area contributed by atoms with Crippen LogP contribution in [0.5, 0.6) is 0 Å². The fraction of sp³-hybridized carbons (Fsp3) is 0.875. The van der Waals surface area contributed by atoms with Crippen molar-refractivity contribution in [3.05, 3.63) is 0 Å². The van der Waals surface area contributed by atoms with E-state index in [0.29, 0.717) is 5.84 Å². The molecule has 0 radical (unpaired) electrons. The molecular weight excluding hydrogens is 138 g/mol. The predicted molar refractivity (Wildman–Crippen MR) is 48.3 cm³/mol. The van der Waals surface area contributed by atoms with E-state index in [4.69, 9.17) is 11.3 Å². The van der Waals surface area contributed by atoms with Gasteiger partial charge in [0.2, 0.25) is 0 Å². The molecule has 0 amide bonds. The van der Waals surface area contributed by atoms with Crippen LogP contribution in [0, 0.1) is 11.3 Å². The lowest BCUT2D eigenvalue weighted by Crippen LogP contribution is -2.45. The molecule has 1 atom stereocenters. The first-order chi connectivity index (χ1) is 5.00. The molecule has 0 aromatic heterocycles. The first kappa shape index (κ1) is 10.4. The summed E-state index contributed by atoms with van der Waals surface area (Å²) in [6, 6.07) is 0.268. The maximum absolute atomic E-state index is 7.58. The van der Waals surface area contributed by atoms with Crippen LogP contribution in [0.15, 0.2) is 0 Å². The molecule has 0 aliphatic carbocycles. The van der Waals surface area contributed by atoms with Gasteiger partial charge in [0.15, 0.2) is 0 Å². The molecule has 3 heteroatoms. The SMILES string of the molecule is CCC(C)N(N)C(=N)C(C)C. The Balaban J connectivity index is 4.02. The average molecular weight is 157 g/mol. The van der Waals surface area contributed by atoms with Gasteiger partial charge in [0.05, 0.1) is 0 Å². The Kier molecular flexibility index (Phi) is 4.11. The van der Waals surface area contributed by atoms with Gasteiger partial charge in [0.1, 0.15) is 5.84 Å². The summed E-state index contributed by atoms with van der Waals surface area (Å²) in [4.78, 5) is 0. The van der Waals surface area contributed by atoms with E-state index >= 15 is 0 Å². The van der Waals surface area contributed by atoms with Gasteiger partial charge in [-0.05, 0) is 13.3 Å². The van der Waals surface area contributed by atoms with E-state index in [1.54, 1.807) is 5.01 Å². The van der Waals surface area contributed by atoms with Gasteiger partial charge < -0.3 is 0 Å². The summed E-state index contributed by atoms with van der Waals surface area (Å²) >= 11 is 0. The highest BCUT2D eigenvalue weighted by molar-refractivity contribution is 5.80. The van der Waals surface area contributed by atoms with Gasteiger partial charge in [-0.3, -0.25) is 10.4 Å².